The van der Waals surface area contributed by atoms with Gasteiger partial charge in [-0.05, 0) is 383 Å². The van der Waals surface area contributed by atoms with Gasteiger partial charge in [-0.2, -0.15) is 0 Å². The Bertz CT molecular complexity index is 6650. The third kappa shape index (κ3) is 14.5. The van der Waals surface area contributed by atoms with Gasteiger partial charge < -0.3 is 14.7 Å². The molecule has 12 aliphatic rings. The van der Waals surface area contributed by atoms with Gasteiger partial charge in [0.2, 0.25) is 0 Å². The smallest absolute Gasteiger partial charge is 0.0726 e. The molecule has 9 atom stereocenters. The van der Waals surface area contributed by atoms with Crippen molar-refractivity contribution in [2.75, 3.05) is 14.7 Å². The van der Waals surface area contributed by atoms with Crippen LogP contribution in [0, 0.1) is 35.5 Å². The lowest BCUT2D eigenvalue weighted by atomic mass is 9.70. The second kappa shape index (κ2) is 34.1. The molecule has 4 heteroatoms. The fourth-order valence-electron chi connectivity index (χ4n) is 28.8. The Morgan fingerprint density at radius 3 is 0.916 bits per heavy atom. The molecule has 1 spiro atoms. The summed E-state index contributed by atoms with van der Waals surface area (Å²) >= 11 is 1.90. The Morgan fingerprint density at radius 1 is 0.221 bits per heavy atom. The maximum absolute atomic E-state index is 2.53. The first-order valence-corrected chi connectivity index (χ1v) is 52.0. The quantitative estimate of drug-likeness (QED) is 0.101. The molecule has 27 rings (SSSR count). The minimum absolute atomic E-state index is 0.0270. The third-order valence-corrected chi connectivity index (χ3v) is 36.5. The average Bonchev–Trinajstić information content (AvgIpc) is 1.51. The number of nitrogens with zero attached hydrogens (tertiary/aromatic N) is 3. The monoisotopic (exact) mass is 1720 g/mol. The van der Waals surface area contributed by atoms with Crippen LogP contribution in [0.15, 0.2) is 322 Å². The molecule has 12 aliphatic carbocycles. The number of rotatable bonds is 15. The lowest BCUT2D eigenvalue weighted by molar-refractivity contribution is 0.420. The van der Waals surface area contributed by atoms with E-state index in [1.54, 1.807) is 16.7 Å². The maximum atomic E-state index is 2.53. The van der Waals surface area contributed by atoms with E-state index in [1.807, 2.05) is 11.3 Å². The van der Waals surface area contributed by atoms with Crippen LogP contribution < -0.4 is 14.7 Å². The Labute approximate surface area is 782 Å². The number of thiophene rings is 1. The standard InChI is InChI=1S/C50H45N.C40H43N.C37H37NS/c1-2-10-34(11-3-1)35-20-24-38(25-21-35)51(39-26-22-36(23-27-39)45-31-33-18-19-37(45)30-33)40-28-29-44-43-14-6-9-17-48(43)50(49(44)32-40)46-15-7-4-12-41(46)42-13-5-8-16-47(42)50;1-40(2)38-11-7-6-10-35(38)37-26-34(22-23-39(37)40)41(32-18-14-29(15-19-32)28-8-4-3-5-9-28)33-20-16-30(17-21-33)36-25-27-12-13-31(36)24-27;1-2-6-26(7-3-1)27-12-16-30(17-13-27)38(31-18-14-28(15-19-31)35-23-25-10-11-29(35)22-25)32-20-21-34-33-8-4-5-9-36(33)39-37(34)24-32/h4-9,12-17,20-29,32-34,37,45H,1-3,10-11,18-19,30-31H2;6-7,10-11,14-23,26-28,31,36H,3-5,8-9,12-13,24-25H2,1-2H3;4-5,8-9,12-21,24-26,29,35H,1-3,6-7,10-11,22-23H2. The van der Waals surface area contributed by atoms with Crippen LogP contribution in [0.5, 0.6) is 0 Å². The second-order valence-corrected chi connectivity index (χ2v) is 43.8. The molecule has 9 saturated carbocycles. The van der Waals surface area contributed by atoms with Crippen LogP contribution in [0.3, 0.4) is 0 Å². The van der Waals surface area contributed by atoms with Crippen molar-refractivity contribution in [1.29, 1.82) is 0 Å². The Morgan fingerprint density at radius 2 is 0.527 bits per heavy atom. The van der Waals surface area contributed by atoms with E-state index in [0.717, 1.165) is 65.1 Å². The van der Waals surface area contributed by atoms with E-state index in [2.05, 4.69) is 350 Å². The third-order valence-electron chi connectivity index (χ3n) is 35.3. The normalized spacial score (nSPS) is 23.1. The van der Waals surface area contributed by atoms with Crippen molar-refractivity contribution in [3.63, 3.8) is 0 Å². The highest BCUT2D eigenvalue weighted by molar-refractivity contribution is 7.25. The van der Waals surface area contributed by atoms with E-state index in [-0.39, 0.29) is 10.8 Å². The van der Waals surface area contributed by atoms with Gasteiger partial charge in [0.25, 0.3) is 0 Å². The summed E-state index contributed by atoms with van der Waals surface area (Å²) in [4.78, 5) is 7.49. The van der Waals surface area contributed by atoms with Gasteiger partial charge >= 0.3 is 0 Å². The fraction of sp³-hybridized carbons (Fsp3) is 0.339. The van der Waals surface area contributed by atoms with Gasteiger partial charge in [0, 0.05) is 76.8 Å². The molecule has 0 aliphatic heterocycles. The molecule has 0 saturated heterocycles. The van der Waals surface area contributed by atoms with Crippen LogP contribution in [-0.2, 0) is 10.8 Å². The minimum atomic E-state index is -0.350. The number of benzene rings is 14. The molecule has 0 N–H and O–H groups in total. The summed E-state index contributed by atoms with van der Waals surface area (Å²) in [7, 11) is 0. The van der Waals surface area contributed by atoms with E-state index < -0.39 is 0 Å². The van der Waals surface area contributed by atoms with E-state index in [4.69, 9.17) is 0 Å². The molecule has 0 amide bonds. The first-order chi connectivity index (χ1) is 64.6. The van der Waals surface area contributed by atoms with Gasteiger partial charge in [0.1, 0.15) is 0 Å². The first kappa shape index (κ1) is 81.7. The molecule has 654 valence electrons. The number of fused-ring (bicyclic) bond motifs is 22. The molecule has 6 bridgehead atoms. The summed E-state index contributed by atoms with van der Waals surface area (Å²) in [6.45, 7) is 4.74. The van der Waals surface area contributed by atoms with Crippen molar-refractivity contribution in [1.82, 2.24) is 0 Å². The zero-order chi connectivity index (χ0) is 86.8. The van der Waals surface area contributed by atoms with E-state index >= 15 is 0 Å². The fourth-order valence-corrected chi connectivity index (χ4v) is 30.0. The molecule has 9 fully saturated rings. The highest BCUT2D eigenvalue weighted by atomic mass is 32.1. The summed E-state index contributed by atoms with van der Waals surface area (Å²) in [5.41, 5.74) is 36.7. The topological polar surface area (TPSA) is 9.72 Å². The summed E-state index contributed by atoms with van der Waals surface area (Å²) in [5, 5.41) is 2.72. The van der Waals surface area contributed by atoms with Gasteiger partial charge in [-0.15, -0.1) is 11.3 Å². The predicted molar refractivity (Wildman–Crippen MR) is 552 cm³/mol. The molecule has 131 heavy (non-hydrogen) atoms. The molecule has 1 aromatic heterocycles. The lowest BCUT2D eigenvalue weighted by Crippen LogP contribution is -2.26. The van der Waals surface area contributed by atoms with Crippen molar-refractivity contribution in [3.8, 4) is 33.4 Å². The van der Waals surface area contributed by atoms with Gasteiger partial charge in [-0.25, -0.2) is 0 Å². The van der Waals surface area contributed by atoms with Crippen LogP contribution in [0.2, 0.25) is 0 Å². The summed E-state index contributed by atoms with van der Waals surface area (Å²) in [6, 6.07) is 125. The molecule has 9 unspecified atom stereocenters. The van der Waals surface area contributed by atoms with Crippen molar-refractivity contribution in [2.45, 2.75) is 234 Å². The first-order valence-electron chi connectivity index (χ1n) is 51.2. The molecule has 3 nitrogen and oxygen atoms in total. The average molecular weight is 1730 g/mol. The van der Waals surface area contributed by atoms with Crippen molar-refractivity contribution in [3.05, 3.63) is 388 Å². The number of hydrogen-bond donors (Lipinski definition) is 0. The maximum Gasteiger partial charge on any atom is 0.0726 e. The van der Waals surface area contributed by atoms with E-state index in [0.29, 0.717) is 5.92 Å². The summed E-state index contributed by atoms with van der Waals surface area (Å²) in [6.07, 6.45) is 37.6. The van der Waals surface area contributed by atoms with Gasteiger partial charge in [-0.1, -0.05) is 297 Å². The molecular weight excluding hydrogens is 1600 g/mol. The highest BCUT2D eigenvalue weighted by Gasteiger charge is 2.52. The SMILES string of the molecule is CC1(C)c2ccccc2-c2cc(N(c3ccc(C4CCCCC4)cc3)c3ccc(C4CC5CCC4C5)cc3)ccc21.c1ccc2c(c1)-c1ccccc1C21c2ccccc2-c2ccc(N(c3ccc(C4CCCCC4)cc3)c3ccc(C4CC5CCC4C5)cc3)cc21.c1ccc2c(c1)sc1cc(N(c3ccc(C4CCCCC4)cc3)c3ccc(C4CC5CCC4C5)cc3)ccc12. The lowest BCUT2D eigenvalue weighted by Gasteiger charge is -2.32. The molecule has 15 aromatic rings. The van der Waals surface area contributed by atoms with E-state index in [9.17, 15) is 0 Å². The molecular formula is C127H125N3S. The van der Waals surface area contributed by atoms with Crippen molar-refractivity contribution < 1.29 is 0 Å². The van der Waals surface area contributed by atoms with Crippen molar-refractivity contribution in [2.24, 2.45) is 35.5 Å². The Balaban J connectivity index is 0.000000107. The van der Waals surface area contributed by atoms with Gasteiger partial charge in [-0.3, -0.25) is 0 Å². The van der Waals surface area contributed by atoms with Crippen LogP contribution in [0.1, 0.15) is 289 Å². The number of hydrogen-bond acceptors (Lipinski definition) is 4. The largest absolute Gasteiger partial charge is 0.310 e. The Kier molecular flexibility index (Phi) is 21.2. The second-order valence-electron chi connectivity index (χ2n) is 42.7. The van der Waals surface area contributed by atoms with E-state index in [1.165, 1.54) is 328 Å². The Hall–Kier alpha value is -11.3. The van der Waals surface area contributed by atoms with Crippen molar-refractivity contribution >= 4 is 82.7 Å². The predicted octanol–water partition coefficient (Wildman–Crippen LogP) is 36.3. The number of anilines is 9. The van der Waals surface area contributed by atoms with Crippen LogP contribution in [0.4, 0.5) is 51.2 Å². The zero-order valence-corrected chi connectivity index (χ0v) is 77.7. The van der Waals surface area contributed by atoms with Crippen LogP contribution in [0.25, 0.3) is 53.6 Å². The van der Waals surface area contributed by atoms with Gasteiger partial charge in [0.05, 0.1) is 5.41 Å². The minimum Gasteiger partial charge on any atom is -0.310 e. The van der Waals surface area contributed by atoms with Crippen LogP contribution in [-0.4, -0.2) is 0 Å². The molecule has 1 heterocycles. The highest BCUT2D eigenvalue weighted by Crippen LogP contribution is 2.65. The van der Waals surface area contributed by atoms with Crippen LogP contribution >= 0.6 is 11.3 Å². The molecule has 14 aromatic carbocycles. The summed E-state index contributed by atoms with van der Waals surface area (Å²) < 4.78 is 2.72. The van der Waals surface area contributed by atoms with Gasteiger partial charge in [0.15, 0.2) is 0 Å². The zero-order valence-electron chi connectivity index (χ0n) is 76.9. The summed E-state index contributed by atoms with van der Waals surface area (Å²) in [5.74, 6) is 10.1. The molecule has 0 radical (unpaired) electrons.